The predicted molar refractivity (Wildman–Crippen MR) is 164 cm³/mol. The zero-order valence-corrected chi connectivity index (χ0v) is 24.8. The van der Waals surface area contributed by atoms with Gasteiger partial charge in [-0.3, -0.25) is 19.7 Å². The van der Waals surface area contributed by atoms with Gasteiger partial charge in [-0.15, -0.1) is 0 Å². The molecular formula is C32H37N7O4. The molecule has 5 rings (SSSR count). The van der Waals surface area contributed by atoms with E-state index in [1.54, 1.807) is 18.5 Å². The number of hydrogen-bond acceptors (Lipinski definition) is 9. The molecule has 43 heavy (non-hydrogen) atoms. The van der Waals surface area contributed by atoms with Gasteiger partial charge < -0.3 is 14.2 Å². The summed E-state index contributed by atoms with van der Waals surface area (Å²) in [6, 6.07) is 15.8. The van der Waals surface area contributed by atoms with Gasteiger partial charge in [0.05, 0.1) is 19.8 Å². The molecule has 2 aromatic heterocycles. The number of anilines is 1. The summed E-state index contributed by atoms with van der Waals surface area (Å²) in [5.74, 6) is 1.85. The monoisotopic (exact) mass is 583 g/mol. The molecule has 2 aromatic carbocycles. The number of carbonyl (C=O) groups is 2. The van der Waals surface area contributed by atoms with E-state index in [1.807, 2.05) is 48.5 Å². The van der Waals surface area contributed by atoms with Crippen LogP contribution in [-0.2, 0) is 40.4 Å². The van der Waals surface area contributed by atoms with Crippen LogP contribution in [0, 0.1) is 0 Å². The summed E-state index contributed by atoms with van der Waals surface area (Å²) < 4.78 is 7.77. The molecule has 0 aliphatic carbocycles. The number of ketones is 1. The van der Waals surface area contributed by atoms with Gasteiger partial charge in [0.1, 0.15) is 11.6 Å². The lowest BCUT2D eigenvalue weighted by atomic mass is 10.1. The number of fused-ring (bicyclic) bond motifs is 1. The molecule has 0 bridgehead atoms. The minimum absolute atomic E-state index is 0.111. The number of benzene rings is 2. The van der Waals surface area contributed by atoms with E-state index in [2.05, 4.69) is 28.3 Å². The lowest BCUT2D eigenvalue weighted by molar-refractivity contribution is -0.124. The van der Waals surface area contributed by atoms with Gasteiger partial charge in [0.2, 0.25) is 0 Å². The summed E-state index contributed by atoms with van der Waals surface area (Å²) in [7, 11) is 2.05. The van der Waals surface area contributed by atoms with Gasteiger partial charge in [-0.2, -0.15) is 0 Å². The van der Waals surface area contributed by atoms with Crippen molar-refractivity contribution in [3.63, 3.8) is 0 Å². The van der Waals surface area contributed by atoms with Crippen LogP contribution in [0.25, 0.3) is 28.6 Å². The molecule has 11 nitrogen and oxygen atoms in total. The first-order chi connectivity index (χ1) is 20.8. The number of morpholine rings is 1. The van der Waals surface area contributed by atoms with Crippen molar-refractivity contribution in [1.82, 2.24) is 29.9 Å². The van der Waals surface area contributed by atoms with Crippen LogP contribution < -0.4 is 10.4 Å². The van der Waals surface area contributed by atoms with Gasteiger partial charge in [0.15, 0.2) is 22.8 Å². The van der Waals surface area contributed by atoms with E-state index >= 15 is 0 Å². The van der Waals surface area contributed by atoms with E-state index in [0.717, 1.165) is 58.1 Å². The number of nitrogens with one attached hydrogen (secondary N) is 1. The highest BCUT2D eigenvalue weighted by atomic mass is 16.5. The summed E-state index contributed by atoms with van der Waals surface area (Å²) in [4.78, 5) is 42.6. The molecule has 0 radical (unpaired) electrons. The Labute approximate surface area is 250 Å². The highest BCUT2D eigenvalue weighted by molar-refractivity contribution is 5.90. The molecule has 1 aliphatic heterocycles. The van der Waals surface area contributed by atoms with Crippen LogP contribution in [0.15, 0.2) is 54.6 Å². The Morgan fingerprint density at radius 2 is 1.81 bits per heavy atom. The fourth-order valence-electron chi connectivity index (χ4n) is 5.27. The highest BCUT2D eigenvalue weighted by Crippen LogP contribution is 2.29. The number of imidazole rings is 1. The molecule has 1 saturated heterocycles. The summed E-state index contributed by atoms with van der Waals surface area (Å²) in [6.07, 6.45) is 3.29. The Morgan fingerprint density at radius 1 is 1.05 bits per heavy atom. The molecule has 11 heteroatoms. The number of hydrogen-bond donors (Lipinski definition) is 2. The minimum atomic E-state index is -0.572. The number of Topliss-reactive ketones (excluding diaryl/α,β-unsaturated/α-hetero) is 1. The number of ether oxygens (including phenoxy) is 1. The normalized spacial score (nSPS) is 13.7. The van der Waals surface area contributed by atoms with Crippen molar-refractivity contribution >= 4 is 34.7 Å². The Kier molecular flexibility index (Phi) is 9.55. The van der Waals surface area contributed by atoms with Crippen molar-refractivity contribution in [2.24, 2.45) is 0 Å². The average Bonchev–Trinajstić information content (AvgIpc) is 3.36. The lowest BCUT2D eigenvalue weighted by Gasteiger charge is -2.28. The fourth-order valence-corrected chi connectivity index (χ4v) is 5.27. The maximum atomic E-state index is 11.8. The predicted octanol–water partition coefficient (Wildman–Crippen LogP) is 3.63. The molecule has 1 amide bonds. The van der Waals surface area contributed by atoms with E-state index < -0.39 is 5.91 Å². The number of hydroxylamine groups is 1. The quantitative estimate of drug-likeness (QED) is 0.155. The molecule has 3 heterocycles. The standard InChI is InChI=1S/C32H37N7O4/c1-4-39-27(21-37(3)20-24-10-8-23(9-11-24)12-13-28(41)36-42)33-29-31(38-14-16-43-17-15-38)34-30(35-32(29)39)26-7-5-6-25(19-26)18-22(2)40/h5-13,19,42H,4,14-18,20-21H2,1-3H3,(H,36,41)/b13-12+. The number of carbonyl (C=O) groups excluding carboxylic acids is 2. The largest absolute Gasteiger partial charge is 0.378 e. The van der Waals surface area contributed by atoms with Crippen molar-refractivity contribution < 1.29 is 19.5 Å². The number of aromatic nitrogens is 4. The zero-order chi connectivity index (χ0) is 30.3. The second-order valence-corrected chi connectivity index (χ2v) is 10.7. The first-order valence-corrected chi connectivity index (χ1v) is 14.4. The molecule has 224 valence electrons. The van der Waals surface area contributed by atoms with Crippen LogP contribution >= 0.6 is 0 Å². The Hall–Kier alpha value is -4.45. The van der Waals surface area contributed by atoms with Crippen molar-refractivity contribution in [3.8, 4) is 11.4 Å². The molecule has 0 saturated carbocycles. The highest BCUT2D eigenvalue weighted by Gasteiger charge is 2.23. The Morgan fingerprint density at radius 3 is 2.51 bits per heavy atom. The smallest absolute Gasteiger partial charge is 0.267 e. The zero-order valence-electron chi connectivity index (χ0n) is 24.8. The maximum absolute atomic E-state index is 11.8. The molecule has 0 unspecified atom stereocenters. The first-order valence-electron chi connectivity index (χ1n) is 14.4. The van der Waals surface area contributed by atoms with Crippen LogP contribution in [0.2, 0.25) is 0 Å². The van der Waals surface area contributed by atoms with Crippen molar-refractivity contribution in [2.45, 2.75) is 39.9 Å². The first kappa shape index (κ1) is 30.0. The molecule has 2 N–H and O–H groups in total. The Balaban J connectivity index is 1.45. The summed E-state index contributed by atoms with van der Waals surface area (Å²) in [5, 5.41) is 8.66. The molecule has 1 fully saturated rings. The van der Waals surface area contributed by atoms with Crippen LogP contribution in [0.3, 0.4) is 0 Å². The van der Waals surface area contributed by atoms with E-state index in [1.165, 1.54) is 6.08 Å². The second-order valence-electron chi connectivity index (χ2n) is 10.7. The van der Waals surface area contributed by atoms with Crippen LogP contribution in [0.1, 0.15) is 36.4 Å². The fraction of sp³-hybridized carbons (Fsp3) is 0.344. The Bertz CT molecular complexity index is 1620. The van der Waals surface area contributed by atoms with Crippen molar-refractivity contribution in [2.75, 3.05) is 38.3 Å². The van der Waals surface area contributed by atoms with Gasteiger partial charge >= 0.3 is 0 Å². The minimum Gasteiger partial charge on any atom is -0.378 e. The number of rotatable bonds is 11. The third-order valence-electron chi connectivity index (χ3n) is 7.30. The molecule has 1 aliphatic rings. The molecular weight excluding hydrogens is 546 g/mol. The topological polar surface area (TPSA) is 126 Å². The molecule has 4 aromatic rings. The second kappa shape index (κ2) is 13.7. The maximum Gasteiger partial charge on any atom is 0.267 e. The van der Waals surface area contributed by atoms with Gasteiger partial charge in [0.25, 0.3) is 5.91 Å². The number of nitrogens with zero attached hydrogens (tertiary/aromatic N) is 6. The average molecular weight is 584 g/mol. The SMILES string of the molecule is CCn1c(CN(C)Cc2ccc(/C=C/C(=O)NO)cc2)nc2c(N3CCOCC3)nc(-c3cccc(CC(C)=O)c3)nc21. The third-order valence-corrected chi connectivity index (χ3v) is 7.30. The molecule has 0 spiro atoms. The van der Waals surface area contributed by atoms with Gasteiger partial charge in [-0.05, 0) is 49.7 Å². The van der Waals surface area contributed by atoms with E-state index in [4.69, 9.17) is 24.9 Å². The number of aryl methyl sites for hydroxylation is 1. The van der Waals surface area contributed by atoms with Crippen molar-refractivity contribution in [3.05, 3.63) is 77.1 Å². The van der Waals surface area contributed by atoms with Crippen LogP contribution in [-0.4, -0.2) is 74.7 Å². The van der Waals surface area contributed by atoms with E-state index in [-0.39, 0.29) is 5.78 Å². The number of amides is 1. The summed E-state index contributed by atoms with van der Waals surface area (Å²) in [6.45, 7) is 8.39. The lowest BCUT2D eigenvalue weighted by Crippen LogP contribution is -2.37. The van der Waals surface area contributed by atoms with Gasteiger partial charge in [-0.25, -0.2) is 20.4 Å². The summed E-state index contributed by atoms with van der Waals surface area (Å²) in [5.41, 5.74) is 6.94. The molecule has 0 atom stereocenters. The van der Waals surface area contributed by atoms with Crippen LogP contribution in [0.4, 0.5) is 5.82 Å². The van der Waals surface area contributed by atoms with E-state index in [9.17, 15) is 9.59 Å². The van der Waals surface area contributed by atoms with Crippen molar-refractivity contribution in [1.29, 1.82) is 0 Å². The van der Waals surface area contributed by atoms with Gasteiger partial charge in [-0.1, -0.05) is 42.5 Å². The summed E-state index contributed by atoms with van der Waals surface area (Å²) >= 11 is 0. The van der Waals surface area contributed by atoms with E-state index in [0.29, 0.717) is 45.1 Å². The van der Waals surface area contributed by atoms with Gasteiger partial charge in [0, 0.05) is 44.2 Å². The van der Waals surface area contributed by atoms with Crippen LogP contribution in [0.5, 0.6) is 0 Å². The third kappa shape index (κ3) is 7.31.